The fourth-order valence-corrected chi connectivity index (χ4v) is 4.77. The van der Waals surface area contributed by atoms with Gasteiger partial charge in [0.15, 0.2) is 5.60 Å². The molecule has 0 saturated carbocycles. The molecule has 34 heavy (non-hydrogen) atoms. The van der Waals surface area contributed by atoms with Crippen molar-refractivity contribution >= 4 is 34.4 Å². The molecule has 2 aromatic heterocycles. The monoisotopic (exact) mass is 487 g/mol. The zero-order chi connectivity index (χ0) is 24.4. The Morgan fingerprint density at radius 1 is 1.32 bits per heavy atom. The molecule has 1 amide bonds. The minimum Gasteiger partial charge on any atom is -0.458 e. The van der Waals surface area contributed by atoms with Gasteiger partial charge in [0.25, 0.3) is 5.56 Å². The van der Waals surface area contributed by atoms with Crippen LogP contribution in [0.15, 0.2) is 23.0 Å². The molecular formula is C23H19ClFN3O6. The number of pyridine rings is 2. The molecule has 0 radical (unpaired) electrons. The molecule has 176 valence electrons. The van der Waals surface area contributed by atoms with Gasteiger partial charge in [-0.25, -0.2) is 14.2 Å². The average Bonchev–Trinajstić information content (AvgIpc) is 3.19. The number of esters is 1. The number of rotatable bonds is 4. The second-order valence-electron chi connectivity index (χ2n) is 8.24. The maximum Gasteiger partial charge on any atom is 0.343 e. The van der Waals surface area contributed by atoms with Gasteiger partial charge >= 0.3 is 5.97 Å². The van der Waals surface area contributed by atoms with E-state index in [0.29, 0.717) is 27.9 Å². The number of halogens is 2. The summed E-state index contributed by atoms with van der Waals surface area (Å²) in [5, 5.41) is 23.0. The Labute approximate surface area is 196 Å². The highest BCUT2D eigenvalue weighted by molar-refractivity contribution is 6.31. The Morgan fingerprint density at radius 3 is 2.79 bits per heavy atom. The number of cyclic esters (lactones) is 1. The molecule has 0 spiro atoms. The lowest BCUT2D eigenvalue weighted by Gasteiger charge is -2.31. The molecule has 3 aromatic rings. The predicted molar refractivity (Wildman–Crippen MR) is 118 cm³/mol. The summed E-state index contributed by atoms with van der Waals surface area (Å²) < 4.78 is 20.8. The van der Waals surface area contributed by atoms with Gasteiger partial charge in [-0.15, -0.1) is 0 Å². The number of carbonyl (C=O) groups is 2. The summed E-state index contributed by atoms with van der Waals surface area (Å²) >= 11 is 6.00. The van der Waals surface area contributed by atoms with Gasteiger partial charge in [-0.1, -0.05) is 18.5 Å². The van der Waals surface area contributed by atoms with Gasteiger partial charge in [-0.2, -0.15) is 0 Å². The van der Waals surface area contributed by atoms with Crippen LogP contribution in [0.4, 0.5) is 4.39 Å². The van der Waals surface area contributed by atoms with Crippen molar-refractivity contribution in [2.24, 2.45) is 0 Å². The minimum absolute atomic E-state index is 0.00187. The van der Waals surface area contributed by atoms with Crippen molar-refractivity contribution in [3.05, 3.63) is 61.6 Å². The molecule has 5 rings (SSSR count). The summed E-state index contributed by atoms with van der Waals surface area (Å²) in [6.45, 7) is 0.705. The number of nitrogens with zero attached hydrogens (tertiary/aromatic N) is 2. The van der Waals surface area contributed by atoms with E-state index in [4.69, 9.17) is 21.4 Å². The fourth-order valence-electron chi connectivity index (χ4n) is 4.60. The Balaban J connectivity index is 1.78. The molecule has 4 heterocycles. The predicted octanol–water partition coefficient (Wildman–Crippen LogP) is 1.48. The molecule has 3 N–H and O–H groups in total. The van der Waals surface area contributed by atoms with Crippen LogP contribution >= 0.6 is 11.6 Å². The number of carbonyl (C=O) groups excluding carboxylic acids is 2. The zero-order valence-corrected chi connectivity index (χ0v) is 18.7. The van der Waals surface area contributed by atoms with E-state index in [0.717, 1.165) is 6.07 Å². The molecule has 0 aliphatic carbocycles. The van der Waals surface area contributed by atoms with E-state index < -0.39 is 35.5 Å². The summed E-state index contributed by atoms with van der Waals surface area (Å²) in [4.78, 5) is 42.0. The van der Waals surface area contributed by atoms with Crippen LogP contribution in [-0.4, -0.2) is 38.2 Å². The Morgan fingerprint density at radius 2 is 2.09 bits per heavy atom. The summed E-state index contributed by atoms with van der Waals surface area (Å²) in [6, 6.07) is 4.11. The Hall–Kier alpha value is -3.34. The molecule has 11 heteroatoms. The largest absolute Gasteiger partial charge is 0.458 e. The summed E-state index contributed by atoms with van der Waals surface area (Å²) in [5.41, 5.74) is 0.0414. The van der Waals surface area contributed by atoms with Crippen molar-refractivity contribution in [2.75, 3.05) is 6.61 Å². The summed E-state index contributed by atoms with van der Waals surface area (Å²) in [5.74, 6) is -2.13. The van der Waals surface area contributed by atoms with E-state index >= 15 is 0 Å². The van der Waals surface area contributed by atoms with Gasteiger partial charge in [0.2, 0.25) is 5.91 Å². The highest BCUT2D eigenvalue weighted by atomic mass is 35.5. The van der Waals surface area contributed by atoms with Crippen LogP contribution in [0.5, 0.6) is 0 Å². The Bertz CT molecular complexity index is 1470. The van der Waals surface area contributed by atoms with Gasteiger partial charge in [0, 0.05) is 29.1 Å². The highest BCUT2D eigenvalue weighted by Gasteiger charge is 2.45. The Kier molecular flexibility index (Phi) is 5.19. The van der Waals surface area contributed by atoms with Crippen LogP contribution < -0.4 is 10.9 Å². The van der Waals surface area contributed by atoms with Crippen LogP contribution in [-0.2, 0) is 39.6 Å². The molecule has 0 saturated heterocycles. The molecular weight excluding hydrogens is 469 g/mol. The van der Waals surface area contributed by atoms with E-state index in [1.54, 1.807) is 13.0 Å². The summed E-state index contributed by atoms with van der Waals surface area (Å²) in [6.07, 6.45) is 0.00187. The molecule has 0 fully saturated rings. The van der Waals surface area contributed by atoms with Crippen LogP contribution in [0.3, 0.4) is 0 Å². The molecule has 2 aliphatic rings. The number of hydrogen-bond acceptors (Lipinski definition) is 7. The van der Waals surface area contributed by atoms with E-state index in [1.807, 2.05) is 0 Å². The SMILES string of the molecule is CC[C@@]1(O)C(=O)OCc2c1cc1n(c2=O)Cc2c-1nc1cc(F)c(Cl)cc1c2CNC(=O)CO. The van der Waals surface area contributed by atoms with Crippen LogP contribution in [0, 0.1) is 5.82 Å². The van der Waals surface area contributed by atoms with Crippen molar-refractivity contribution in [3.63, 3.8) is 0 Å². The molecule has 9 nitrogen and oxygen atoms in total. The number of amides is 1. The topological polar surface area (TPSA) is 131 Å². The van der Waals surface area contributed by atoms with Gasteiger partial charge in [0.05, 0.1) is 34.0 Å². The number of fused-ring (bicyclic) bond motifs is 5. The first-order chi connectivity index (χ1) is 16.2. The minimum atomic E-state index is -1.97. The number of aliphatic hydroxyl groups is 2. The quantitative estimate of drug-likeness (QED) is 0.372. The van der Waals surface area contributed by atoms with E-state index in [9.17, 15) is 23.9 Å². The third kappa shape index (κ3) is 3.13. The van der Waals surface area contributed by atoms with E-state index in [2.05, 4.69) is 10.3 Å². The maximum atomic E-state index is 14.3. The first-order valence-corrected chi connectivity index (χ1v) is 10.9. The maximum absolute atomic E-state index is 14.3. The first-order valence-electron chi connectivity index (χ1n) is 10.5. The van der Waals surface area contributed by atoms with Crippen molar-refractivity contribution in [3.8, 4) is 11.4 Å². The number of hydrogen-bond donors (Lipinski definition) is 3. The highest BCUT2D eigenvalue weighted by Crippen LogP contribution is 2.40. The average molecular weight is 488 g/mol. The van der Waals surface area contributed by atoms with Crippen molar-refractivity contribution < 1.29 is 28.9 Å². The molecule has 0 bridgehead atoms. The number of ether oxygens (including phenoxy) is 1. The van der Waals surface area contributed by atoms with E-state index in [-0.39, 0.29) is 47.8 Å². The molecule has 2 aliphatic heterocycles. The fraction of sp³-hybridized carbons (Fsp3) is 0.304. The first kappa shape index (κ1) is 22.5. The van der Waals surface area contributed by atoms with Gasteiger partial charge in [-0.3, -0.25) is 9.59 Å². The van der Waals surface area contributed by atoms with Crippen LogP contribution in [0.2, 0.25) is 5.02 Å². The number of benzene rings is 1. The standard InChI is InChI=1S/C23H19ClFN3O6/c1-2-23(33)14-4-18-20-12(7-28(18)21(31)13(14)9-34-22(23)32)11(6-26-19(30)8-29)10-3-15(24)16(25)5-17(10)27-20/h3-5,29,33H,2,6-9H2,1H3,(H,26,30)/t23-/m0/s1. The number of aromatic nitrogens is 2. The second kappa shape index (κ2) is 7.86. The lowest BCUT2D eigenvalue weighted by atomic mass is 9.86. The number of nitrogens with one attached hydrogen (secondary N) is 1. The molecule has 0 unspecified atom stereocenters. The van der Waals surface area contributed by atoms with Crippen molar-refractivity contribution in [1.29, 1.82) is 0 Å². The van der Waals surface area contributed by atoms with E-state index in [1.165, 1.54) is 10.6 Å². The van der Waals surface area contributed by atoms with Crippen LogP contribution in [0.25, 0.3) is 22.3 Å². The van der Waals surface area contributed by atoms with Gasteiger partial charge in [0.1, 0.15) is 19.0 Å². The normalized spacial score (nSPS) is 18.3. The molecule has 1 atom stereocenters. The van der Waals surface area contributed by atoms with Crippen molar-refractivity contribution in [2.45, 2.75) is 38.6 Å². The lowest BCUT2D eigenvalue weighted by molar-refractivity contribution is -0.172. The smallest absolute Gasteiger partial charge is 0.343 e. The number of aliphatic hydroxyl groups excluding tert-OH is 1. The van der Waals surface area contributed by atoms with Gasteiger partial charge < -0.3 is 24.8 Å². The third-order valence-corrected chi connectivity index (χ3v) is 6.74. The third-order valence-electron chi connectivity index (χ3n) is 6.45. The second-order valence-corrected chi connectivity index (χ2v) is 8.65. The van der Waals surface area contributed by atoms with Crippen molar-refractivity contribution in [1.82, 2.24) is 14.9 Å². The zero-order valence-electron chi connectivity index (χ0n) is 17.9. The van der Waals surface area contributed by atoms with Crippen LogP contribution in [0.1, 0.15) is 35.6 Å². The lowest BCUT2D eigenvalue weighted by Crippen LogP contribution is -2.44. The van der Waals surface area contributed by atoms with Gasteiger partial charge in [-0.05, 0) is 24.1 Å². The molecule has 1 aromatic carbocycles. The summed E-state index contributed by atoms with van der Waals surface area (Å²) in [7, 11) is 0.